The molecule has 0 saturated carbocycles. The lowest BCUT2D eigenvalue weighted by atomic mass is 9.97. The van der Waals surface area contributed by atoms with E-state index in [9.17, 15) is 0 Å². The van der Waals surface area contributed by atoms with Crippen molar-refractivity contribution in [3.8, 4) is 0 Å². The molecule has 1 N–H and O–H groups in total. The number of piperidine rings is 1. The van der Waals surface area contributed by atoms with E-state index in [0.29, 0.717) is 0 Å². The molecule has 0 aromatic rings. The van der Waals surface area contributed by atoms with E-state index in [0.717, 1.165) is 29.4 Å². The largest absolute Gasteiger partial charge is 0.311 e. The van der Waals surface area contributed by atoms with Gasteiger partial charge in [-0.3, -0.25) is 4.90 Å². The van der Waals surface area contributed by atoms with Gasteiger partial charge in [-0.2, -0.15) is 11.8 Å². The molecule has 0 aliphatic carbocycles. The number of rotatable bonds is 2. The molecular formula is C13H24N2S. The minimum atomic E-state index is 0.831. The molecule has 0 amide bonds. The van der Waals surface area contributed by atoms with Crippen LogP contribution in [0.5, 0.6) is 0 Å². The van der Waals surface area contributed by atoms with Gasteiger partial charge in [0.25, 0.3) is 0 Å². The second-order valence-corrected chi connectivity index (χ2v) is 7.43. The van der Waals surface area contributed by atoms with Gasteiger partial charge in [0, 0.05) is 35.2 Å². The number of hydrogen-bond donors (Lipinski definition) is 1. The third kappa shape index (κ3) is 2.14. The quantitative estimate of drug-likeness (QED) is 0.796. The van der Waals surface area contributed by atoms with Crippen LogP contribution in [0.15, 0.2) is 0 Å². The molecule has 4 atom stereocenters. The monoisotopic (exact) mass is 240 g/mol. The molecule has 0 spiro atoms. The van der Waals surface area contributed by atoms with Crippen LogP contribution in [0.3, 0.4) is 0 Å². The Balaban J connectivity index is 1.60. The van der Waals surface area contributed by atoms with Crippen molar-refractivity contribution in [2.45, 2.75) is 68.4 Å². The van der Waals surface area contributed by atoms with Gasteiger partial charge < -0.3 is 5.32 Å². The van der Waals surface area contributed by atoms with Crippen molar-refractivity contribution >= 4 is 11.8 Å². The average Bonchev–Trinajstić information content (AvgIpc) is 2.84. The highest BCUT2D eigenvalue weighted by Gasteiger charge is 2.38. The second-order valence-electron chi connectivity index (χ2n) is 5.96. The summed E-state index contributed by atoms with van der Waals surface area (Å²) in [5.41, 5.74) is 0. The lowest BCUT2D eigenvalue weighted by Gasteiger charge is -2.38. The third-order valence-electron chi connectivity index (χ3n) is 4.78. The second kappa shape index (κ2) is 4.51. The van der Waals surface area contributed by atoms with Crippen LogP contribution in [-0.2, 0) is 0 Å². The van der Waals surface area contributed by atoms with Crippen molar-refractivity contribution in [1.29, 1.82) is 0 Å². The minimum Gasteiger partial charge on any atom is -0.311 e. The number of fused-ring (bicyclic) bond motifs is 2. The zero-order chi connectivity index (χ0) is 11.1. The summed E-state index contributed by atoms with van der Waals surface area (Å²) in [5, 5.41) is 4.62. The van der Waals surface area contributed by atoms with Gasteiger partial charge in [-0.1, -0.05) is 6.92 Å². The molecule has 3 heterocycles. The predicted octanol–water partition coefficient (Wildman–Crippen LogP) is 2.10. The Morgan fingerprint density at radius 3 is 2.31 bits per heavy atom. The fourth-order valence-corrected chi connectivity index (χ4v) is 5.02. The Kier molecular flexibility index (Phi) is 3.20. The first-order valence-corrected chi connectivity index (χ1v) is 7.87. The average molecular weight is 240 g/mol. The van der Waals surface area contributed by atoms with Crippen molar-refractivity contribution in [1.82, 2.24) is 10.2 Å². The molecule has 0 radical (unpaired) electrons. The summed E-state index contributed by atoms with van der Waals surface area (Å²) in [6.07, 6.45) is 7.03. The topological polar surface area (TPSA) is 15.3 Å². The van der Waals surface area contributed by atoms with Crippen LogP contribution < -0.4 is 5.32 Å². The molecule has 3 saturated heterocycles. The molecule has 3 aliphatic heterocycles. The summed E-state index contributed by atoms with van der Waals surface area (Å²) < 4.78 is 0. The Morgan fingerprint density at radius 2 is 1.75 bits per heavy atom. The smallest absolute Gasteiger partial charge is 0.0196 e. The van der Waals surface area contributed by atoms with E-state index in [1.807, 2.05) is 0 Å². The van der Waals surface area contributed by atoms with Crippen molar-refractivity contribution < 1.29 is 0 Å². The van der Waals surface area contributed by atoms with Gasteiger partial charge in [-0.15, -0.1) is 0 Å². The molecule has 3 rings (SSSR count). The standard InChI is InChI=1S/C13H24N2S/c1-9-5-13(8-16-9)15(2)12-6-10-3-4-11(7-12)14-10/h9-14H,3-8H2,1-2H3. The van der Waals surface area contributed by atoms with Crippen LogP contribution in [0.25, 0.3) is 0 Å². The van der Waals surface area contributed by atoms with E-state index in [2.05, 4.69) is 35.9 Å². The maximum Gasteiger partial charge on any atom is 0.0196 e. The third-order valence-corrected chi connectivity index (χ3v) is 6.12. The van der Waals surface area contributed by atoms with Gasteiger partial charge in [-0.25, -0.2) is 0 Å². The van der Waals surface area contributed by atoms with E-state index in [-0.39, 0.29) is 0 Å². The molecular weight excluding hydrogens is 216 g/mol. The van der Waals surface area contributed by atoms with Crippen molar-refractivity contribution in [3.05, 3.63) is 0 Å². The number of nitrogens with one attached hydrogen (secondary N) is 1. The molecule has 3 aliphatic rings. The highest BCUT2D eigenvalue weighted by Crippen LogP contribution is 2.34. The number of thioether (sulfide) groups is 1. The number of nitrogens with zero attached hydrogens (tertiary/aromatic N) is 1. The highest BCUT2D eigenvalue weighted by atomic mass is 32.2. The maximum atomic E-state index is 3.74. The summed E-state index contributed by atoms with van der Waals surface area (Å²) in [7, 11) is 2.37. The number of hydrogen-bond acceptors (Lipinski definition) is 3. The van der Waals surface area contributed by atoms with Gasteiger partial charge in [0.05, 0.1) is 0 Å². The fraction of sp³-hybridized carbons (Fsp3) is 1.00. The van der Waals surface area contributed by atoms with Crippen LogP contribution in [0.4, 0.5) is 0 Å². The highest BCUT2D eigenvalue weighted by molar-refractivity contribution is 8.00. The van der Waals surface area contributed by atoms with Crippen molar-refractivity contribution in [2.75, 3.05) is 12.8 Å². The van der Waals surface area contributed by atoms with E-state index >= 15 is 0 Å². The maximum absolute atomic E-state index is 3.74. The van der Waals surface area contributed by atoms with Crippen LogP contribution in [0.1, 0.15) is 39.0 Å². The van der Waals surface area contributed by atoms with Gasteiger partial charge in [0.2, 0.25) is 0 Å². The Labute approximate surface area is 104 Å². The molecule has 4 unspecified atom stereocenters. The Bertz CT molecular complexity index is 246. The van der Waals surface area contributed by atoms with Crippen LogP contribution in [0, 0.1) is 0 Å². The van der Waals surface area contributed by atoms with E-state index in [1.54, 1.807) is 0 Å². The van der Waals surface area contributed by atoms with E-state index in [1.165, 1.54) is 37.9 Å². The summed E-state index contributed by atoms with van der Waals surface area (Å²) in [4.78, 5) is 2.71. The first-order chi connectivity index (χ1) is 7.72. The molecule has 2 bridgehead atoms. The van der Waals surface area contributed by atoms with Crippen LogP contribution in [0.2, 0.25) is 0 Å². The molecule has 3 fully saturated rings. The van der Waals surface area contributed by atoms with Crippen molar-refractivity contribution in [2.24, 2.45) is 0 Å². The normalized spacial score (nSPS) is 47.8. The van der Waals surface area contributed by atoms with E-state index < -0.39 is 0 Å². The first-order valence-electron chi connectivity index (χ1n) is 6.82. The molecule has 92 valence electrons. The van der Waals surface area contributed by atoms with Crippen molar-refractivity contribution in [3.63, 3.8) is 0 Å². The molecule has 3 heteroatoms. The lowest BCUT2D eigenvalue weighted by Crippen LogP contribution is -2.50. The summed E-state index contributed by atoms with van der Waals surface area (Å²) in [5.74, 6) is 1.36. The fourth-order valence-electron chi connectivity index (χ4n) is 3.74. The van der Waals surface area contributed by atoms with Crippen LogP contribution >= 0.6 is 11.8 Å². The predicted molar refractivity (Wildman–Crippen MR) is 71.1 cm³/mol. The molecule has 16 heavy (non-hydrogen) atoms. The Hall–Kier alpha value is 0.270. The lowest BCUT2D eigenvalue weighted by molar-refractivity contribution is 0.133. The molecule has 0 aromatic carbocycles. The zero-order valence-corrected chi connectivity index (χ0v) is 11.3. The van der Waals surface area contributed by atoms with Crippen LogP contribution in [-0.4, -0.2) is 47.1 Å². The Morgan fingerprint density at radius 1 is 1.06 bits per heavy atom. The van der Waals surface area contributed by atoms with Gasteiger partial charge in [-0.05, 0) is 39.2 Å². The van der Waals surface area contributed by atoms with E-state index in [4.69, 9.17) is 0 Å². The van der Waals surface area contributed by atoms with Gasteiger partial charge >= 0.3 is 0 Å². The summed E-state index contributed by atoms with van der Waals surface area (Å²) in [6.45, 7) is 2.38. The summed E-state index contributed by atoms with van der Waals surface area (Å²) in [6, 6.07) is 3.37. The summed E-state index contributed by atoms with van der Waals surface area (Å²) >= 11 is 2.16. The molecule has 0 aromatic heterocycles. The first kappa shape index (κ1) is 11.4. The van der Waals surface area contributed by atoms with Gasteiger partial charge in [0.1, 0.15) is 0 Å². The SMILES string of the molecule is CC1CC(N(C)C2CC3CCC(C2)N3)CS1. The zero-order valence-electron chi connectivity index (χ0n) is 10.5. The minimum absolute atomic E-state index is 0.831. The molecule has 2 nitrogen and oxygen atoms in total. The van der Waals surface area contributed by atoms with Gasteiger partial charge in [0.15, 0.2) is 0 Å².